The van der Waals surface area contributed by atoms with Crippen molar-refractivity contribution in [2.75, 3.05) is 0 Å². The van der Waals surface area contributed by atoms with Crippen LogP contribution in [0.15, 0.2) is 42.7 Å². The summed E-state index contributed by atoms with van der Waals surface area (Å²) >= 11 is 0. The molecule has 92 valence electrons. The van der Waals surface area contributed by atoms with E-state index < -0.39 is 0 Å². The molecule has 1 aromatic carbocycles. The maximum atomic E-state index is 11.1. The zero-order valence-electron chi connectivity index (χ0n) is 10.0. The Labute approximate surface area is 106 Å². The Bertz CT molecular complexity index is 531. The molecule has 3 rings (SSSR count). The van der Waals surface area contributed by atoms with Gasteiger partial charge >= 0.3 is 0 Å². The molecule has 1 atom stereocenters. The van der Waals surface area contributed by atoms with Crippen LogP contribution in [0.4, 0.5) is 0 Å². The number of carbonyl (C=O) groups excluding carboxylic acids is 1. The van der Waals surface area contributed by atoms with Gasteiger partial charge in [0.1, 0.15) is 0 Å². The highest BCUT2D eigenvalue weighted by Crippen LogP contribution is 2.15. The second kappa shape index (κ2) is 4.64. The molecule has 1 aromatic heterocycles. The highest BCUT2D eigenvalue weighted by Gasteiger charge is 2.20. The van der Waals surface area contributed by atoms with Gasteiger partial charge in [-0.2, -0.15) is 5.10 Å². The zero-order chi connectivity index (χ0) is 12.4. The number of nitrogens with one attached hydrogen (secondary N) is 1. The Morgan fingerprint density at radius 1 is 1.33 bits per heavy atom. The SMILES string of the molecule is O=C1CCC(Cc2ccc(-n3cccn3)cc2)N1. The van der Waals surface area contributed by atoms with Crippen LogP contribution in [0.3, 0.4) is 0 Å². The molecule has 1 unspecified atom stereocenters. The molecule has 4 heteroatoms. The van der Waals surface area contributed by atoms with Crippen LogP contribution >= 0.6 is 0 Å². The van der Waals surface area contributed by atoms with Crippen molar-refractivity contribution < 1.29 is 4.79 Å². The third kappa shape index (κ3) is 2.27. The van der Waals surface area contributed by atoms with Gasteiger partial charge in [0.05, 0.1) is 5.69 Å². The van der Waals surface area contributed by atoms with Crippen molar-refractivity contribution in [1.82, 2.24) is 15.1 Å². The van der Waals surface area contributed by atoms with Gasteiger partial charge in [-0.1, -0.05) is 12.1 Å². The first-order valence-corrected chi connectivity index (χ1v) is 6.19. The first-order valence-electron chi connectivity index (χ1n) is 6.19. The van der Waals surface area contributed by atoms with Crippen LogP contribution in [0.1, 0.15) is 18.4 Å². The van der Waals surface area contributed by atoms with Gasteiger partial charge in [0.15, 0.2) is 0 Å². The molecule has 1 saturated heterocycles. The van der Waals surface area contributed by atoms with E-state index in [0.29, 0.717) is 12.5 Å². The fraction of sp³-hybridized carbons (Fsp3) is 0.286. The molecule has 1 N–H and O–H groups in total. The maximum Gasteiger partial charge on any atom is 0.220 e. The fourth-order valence-electron chi connectivity index (χ4n) is 2.32. The van der Waals surface area contributed by atoms with Gasteiger partial charge in [0.2, 0.25) is 5.91 Å². The molecule has 1 fully saturated rings. The van der Waals surface area contributed by atoms with Gasteiger partial charge in [-0.3, -0.25) is 4.79 Å². The number of rotatable bonds is 3. The zero-order valence-corrected chi connectivity index (χ0v) is 10.0. The van der Waals surface area contributed by atoms with E-state index in [-0.39, 0.29) is 5.91 Å². The molecule has 0 radical (unpaired) electrons. The third-order valence-corrected chi connectivity index (χ3v) is 3.27. The van der Waals surface area contributed by atoms with Crippen LogP contribution < -0.4 is 5.32 Å². The summed E-state index contributed by atoms with van der Waals surface area (Å²) in [6.07, 6.45) is 6.20. The van der Waals surface area contributed by atoms with E-state index in [1.54, 1.807) is 6.20 Å². The Kier molecular flexibility index (Phi) is 2.84. The summed E-state index contributed by atoms with van der Waals surface area (Å²) in [6.45, 7) is 0. The van der Waals surface area contributed by atoms with E-state index in [1.165, 1.54) is 5.56 Å². The monoisotopic (exact) mass is 241 g/mol. The predicted octanol–water partition coefficient (Wildman–Crippen LogP) is 1.69. The van der Waals surface area contributed by atoms with E-state index in [9.17, 15) is 4.79 Å². The minimum absolute atomic E-state index is 0.174. The van der Waals surface area contributed by atoms with Gasteiger partial charge in [-0.25, -0.2) is 4.68 Å². The van der Waals surface area contributed by atoms with E-state index >= 15 is 0 Å². The smallest absolute Gasteiger partial charge is 0.220 e. The van der Waals surface area contributed by atoms with Gasteiger partial charge < -0.3 is 5.32 Å². The molecule has 0 spiro atoms. The van der Waals surface area contributed by atoms with Crippen molar-refractivity contribution in [1.29, 1.82) is 0 Å². The lowest BCUT2D eigenvalue weighted by atomic mass is 10.0. The van der Waals surface area contributed by atoms with Gasteiger partial charge in [0, 0.05) is 24.9 Å². The lowest BCUT2D eigenvalue weighted by Crippen LogP contribution is -2.27. The molecule has 0 saturated carbocycles. The number of aromatic nitrogens is 2. The second-order valence-electron chi connectivity index (χ2n) is 4.62. The Balaban J connectivity index is 1.70. The summed E-state index contributed by atoms with van der Waals surface area (Å²) in [5.74, 6) is 0.174. The Hall–Kier alpha value is -2.10. The first kappa shape index (κ1) is 11.0. The summed E-state index contributed by atoms with van der Waals surface area (Å²) < 4.78 is 1.83. The standard InChI is InChI=1S/C14H15N3O/c18-14-7-4-12(16-14)10-11-2-5-13(6-3-11)17-9-1-8-15-17/h1-3,5-6,8-9,12H,4,7,10H2,(H,16,18). The van der Waals surface area contributed by atoms with Crippen molar-refractivity contribution in [2.24, 2.45) is 0 Å². The molecule has 1 aliphatic heterocycles. The summed E-state index contributed by atoms with van der Waals surface area (Å²) in [6, 6.07) is 10.5. The van der Waals surface area contributed by atoms with Crippen molar-refractivity contribution in [3.63, 3.8) is 0 Å². The average molecular weight is 241 g/mol. The molecular weight excluding hydrogens is 226 g/mol. The Morgan fingerprint density at radius 3 is 2.78 bits per heavy atom. The maximum absolute atomic E-state index is 11.1. The van der Waals surface area contributed by atoms with Crippen LogP contribution in [0.25, 0.3) is 5.69 Å². The van der Waals surface area contributed by atoms with Crippen LogP contribution in [0.5, 0.6) is 0 Å². The van der Waals surface area contributed by atoms with Crippen LogP contribution in [0.2, 0.25) is 0 Å². The molecule has 2 heterocycles. The van der Waals surface area contributed by atoms with Crippen molar-refractivity contribution in [3.8, 4) is 5.69 Å². The van der Waals surface area contributed by atoms with E-state index in [2.05, 4.69) is 34.7 Å². The third-order valence-electron chi connectivity index (χ3n) is 3.27. The predicted molar refractivity (Wildman–Crippen MR) is 68.4 cm³/mol. The molecule has 1 aliphatic rings. The van der Waals surface area contributed by atoms with E-state index in [4.69, 9.17) is 0 Å². The molecule has 0 bridgehead atoms. The first-order chi connectivity index (χ1) is 8.81. The van der Waals surface area contributed by atoms with Crippen LogP contribution in [-0.2, 0) is 11.2 Å². The van der Waals surface area contributed by atoms with Crippen LogP contribution in [0, 0.1) is 0 Å². The summed E-state index contributed by atoms with van der Waals surface area (Å²) in [5.41, 5.74) is 2.30. The molecule has 2 aromatic rings. The number of amides is 1. The highest BCUT2D eigenvalue weighted by atomic mass is 16.1. The topological polar surface area (TPSA) is 46.9 Å². The summed E-state index contributed by atoms with van der Waals surface area (Å²) in [5, 5.41) is 7.18. The van der Waals surface area contributed by atoms with Gasteiger partial charge in [-0.05, 0) is 36.6 Å². The fourth-order valence-corrected chi connectivity index (χ4v) is 2.32. The number of hydrogen-bond acceptors (Lipinski definition) is 2. The van der Waals surface area contributed by atoms with Gasteiger partial charge in [0.25, 0.3) is 0 Å². The normalized spacial score (nSPS) is 18.9. The molecule has 1 amide bonds. The summed E-state index contributed by atoms with van der Waals surface area (Å²) in [7, 11) is 0. The lowest BCUT2D eigenvalue weighted by Gasteiger charge is -2.10. The Morgan fingerprint density at radius 2 is 2.17 bits per heavy atom. The molecule has 0 aliphatic carbocycles. The van der Waals surface area contributed by atoms with Crippen molar-refractivity contribution in [3.05, 3.63) is 48.3 Å². The number of benzene rings is 1. The van der Waals surface area contributed by atoms with E-state index in [1.807, 2.05) is 16.9 Å². The number of nitrogens with zero attached hydrogens (tertiary/aromatic N) is 2. The van der Waals surface area contributed by atoms with Crippen molar-refractivity contribution in [2.45, 2.75) is 25.3 Å². The minimum atomic E-state index is 0.174. The highest BCUT2D eigenvalue weighted by molar-refractivity contribution is 5.78. The largest absolute Gasteiger partial charge is 0.353 e. The number of carbonyl (C=O) groups is 1. The van der Waals surface area contributed by atoms with E-state index in [0.717, 1.165) is 18.5 Å². The average Bonchev–Trinajstić information content (AvgIpc) is 3.02. The molecule has 4 nitrogen and oxygen atoms in total. The number of hydrogen-bond donors (Lipinski definition) is 1. The quantitative estimate of drug-likeness (QED) is 0.889. The van der Waals surface area contributed by atoms with Crippen LogP contribution in [-0.4, -0.2) is 21.7 Å². The van der Waals surface area contributed by atoms with Crippen molar-refractivity contribution >= 4 is 5.91 Å². The second-order valence-corrected chi connectivity index (χ2v) is 4.62. The summed E-state index contributed by atoms with van der Waals surface area (Å²) in [4.78, 5) is 11.1. The molecule has 18 heavy (non-hydrogen) atoms. The lowest BCUT2D eigenvalue weighted by molar-refractivity contribution is -0.119. The molecular formula is C14H15N3O. The minimum Gasteiger partial charge on any atom is -0.353 e. The van der Waals surface area contributed by atoms with Gasteiger partial charge in [-0.15, -0.1) is 0 Å².